The fourth-order valence-electron chi connectivity index (χ4n) is 3.10. The van der Waals surface area contributed by atoms with Crippen molar-refractivity contribution in [3.63, 3.8) is 0 Å². The molecule has 2 rings (SSSR count). The number of hydrogen-bond acceptors (Lipinski definition) is 1. The van der Waals surface area contributed by atoms with Crippen molar-refractivity contribution in [3.8, 4) is 0 Å². The molecule has 0 bridgehead atoms. The highest BCUT2D eigenvalue weighted by Crippen LogP contribution is 2.36. The number of nitrogens with two attached hydrogens (primary N) is 1. The van der Waals surface area contributed by atoms with E-state index in [9.17, 15) is 4.39 Å². The fourth-order valence-corrected chi connectivity index (χ4v) is 3.50. The minimum Gasteiger partial charge on any atom is -0.325 e. The fraction of sp³-hybridized carbons (Fsp3) is 0.600. The number of hydrogen-bond donors (Lipinski definition) is 1. The molecule has 1 fully saturated rings. The van der Waals surface area contributed by atoms with Gasteiger partial charge in [0.1, 0.15) is 5.82 Å². The summed E-state index contributed by atoms with van der Waals surface area (Å²) in [6.45, 7) is 2.23. The van der Waals surface area contributed by atoms with Crippen LogP contribution in [0.25, 0.3) is 0 Å². The lowest BCUT2D eigenvalue weighted by Crippen LogP contribution is -2.46. The van der Waals surface area contributed by atoms with Gasteiger partial charge in [-0.2, -0.15) is 0 Å². The number of benzene rings is 1. The van der Waals surface area contributed by atoms with Gasteiger partial charge in [0.2, 0.25) is 0 Å². The minimum atomic E-state index is -0.195. The summed E-state index contributed by atoms with van der Waals surface area (Å²) >= 11 is 3.33. The standard InChI is InChI=1S/C15H21BrFN/c1-2-11-5-4-8-15(18,9-11)10-12-6-3-7-13(17)14(12)16/h3,6-7,11H,2,4-5,8-10,18H2,1H3. The molecule has 0 radical (unpaired) electrons. The largest absolute Gasteiger partial charge is 0.325 e. The van der Waals surface area contributed by atoms with Crippen molar-refractivity contribution < 1.29 is 4.39 Å². The molecule has 100 valence electrons. The van der Waals surface area contributed by atoms with E-state index in [1.54, 1.807) is 6.07 Å². The molecule has 0 aliphatic heterocycles. The van der Waals surface area contributed by atoms with E-state index in [-0.39, 0.29) is 11.4 Å². The van der Waals surface area contributed by atoms with E-state index >= 15 is 0 Å². The lowest BCUT2D eigenvalue weighted by Gasteiger charge is -2.38. The summed E-state index contributed by atoms with van der Waals surface area (Å²) in [6, 6.07) is 5.21. The first kappa shape index (κ1) is 14.0. The Morgan fingerprint density at radius 2 is 2.28 bits per heavy atom. The zero-order chi connectivity index (χ0) is 13.2. The van der Waals surface area contributed by atoms with Gasteiger partial charge in [0, 0.05) is 5.54 Å². The van der Waals surface area contributed by atoms with Gasteiger partial charge in [0.25, 0.3) is 0 Å². The van der Waals surface area contributed by atoms with Crippen LogP contribution < -0.4 is 5.73 Å². The second-order valence-electron chi connectivity index (χ2n) is 5.62. The molecule has 2 N–H and O–H groups in total. The van der Waals surface area contributed by atoms with Gasteiger partial charge < -0.3 is 5.73 Å². The summed E-state index contributed by atoms with van der Waals surface area (Å²) in [7, 11) is 0. The maximum atomic E-state index is 13.5. The molecule has 0 amide bonds. The Kier molecular flexibility index (Phi) is 4.44. The molecule has 0 saturated heterocycles. The summed E-state index contributed by atoms with van der Waals surface area (Å²) in [4.78, 5) is 0. The molecule has 2 unspecified atom stereocenters. The van der Waals surface area contributed by atoms with Crippen molar-refractivity contribution in [2.75, 3.05) is 0 Å². The van der Waals surface area contributed by atoms with E-state index in [1.165, 1.54) is 25.3 Å². The average molecular weight is 314 g/mol. The topological polar surface area (TPSA) is 26.0 Å². The lowest BCUT2D eigenvalue weighted by atomic mass is 9.72. The third-order valence-corrected chi connectivity index (χ3v) is 5.02. The molecule has 1 aliphatic carbocycles. The Bertz CT molecular complexity index is 421. The van der Waals surface area contributed by atoms with Gasteiger partial charge in [0.05, 0.1) is 4.47 Å². The van der Waals surface area contributed by atoms with Crippen molar-refractivity contribution in [2.45, 2.75) is 51.0 Å². The van der Waals surface area contributed by atoms with Gasteiger partial charge in [-0.15, -0.1) is 0 Å². The van der Waals surface area contributed by atoms with E-state index in [0.717, 1.165) is 30.7 Å². The SMILES string of the molecule is CCC1CCCC(N)(Cc2cccc(F)c2Br)C1. The van der Waals surface area contributed by atoms with E-state index in [4.69, 9.17) is 5.73 Å². The first-order chi connectivity index (χ1) is 8.54. The maximum Gasteiger partial charge on any atom is 0.137 e. The Hall–Kier alpha value is -0.410. The molecule has 1 aliphatic rings. The maximum absolute atomic E-state index is 13.5. The molecule has 2 atom stereocenters. The molecule has 1 nitrogen and oxygen atoms in total. The Morgan fingerprint density at radius 3 is 3.00 bits per heavy atom. The Labute approximate surface area is 117 Å². The van der Waals surface area contributed by atoms with Crippen molar-refractivity contribution in [1.29, 1.82) is 0 Å². The van der Waals surface area contributed by atoms with Crippen molar-refractivity contribution in [3.05, 3.63) is 34.1 Å². The zero-order valence-corrected chi connectivity index (χ0v) is 12.5. The summed E-state index contributed by atoms with van der Waals surface area (Å²) in [5.74, 6) is 0.537. The summed E-state index contributed by atoms with van der Waals surface area (Å²) in [5.41, 5.74) is 7.37. The molecule has 1 aromatic rings. The second-order valence-corrected chi connectivity index (χ2v) is 6.42. The molecule has 0 aromatic heterocycles. The van der Waals surface area contributed by atoms with Gasteiger partial charge in [0.15, 0.2) is 0 Å². The molecular formula is C15H21BrFN. The van der Waals surface area contributed by atoms with Gasteiger partial charge in [-0.1, -0.05) is 38.3 Å². The van der Waals surface area contributed by atoms with Crippen LogP contribution >= 0.6 is 15.9 Å². The van der Waals surface area contributed by atoms with Crippen LogP contribution in [0.5, 0.6) is 0 Å². The molecule has 18 heavy (non-hydrogen) atoms. The summed E-state index contributed by atoms with van der Waals surface area (Å²) < 4.78 is 14.1. The number of halogens is 2. The first-order valence-corrected chi connectivity index (χ1v) is 7.55. The Balaban J connectivity index is 2.14. The quantitative estimate of drug-likeness (QED) is 0.877. The smallest absolute Gasteiger partial charge is 0.137 e. The van der Waals surface area contributed by atoms with Crippen LogP contribution in [0.1, 0.15) is 44.6 Å². The van der Waals surface area contributed by atoms with Gasteiger partial charge >= 0.3 is 0 Å². The van der Waals surface area contributed by atoms with Gasteiger partial charge in [-0.25, -0.2) is 4.39 Å². The molecule has 0 spiro atoms. The highest BCUT2D eigenvalue weighted by atomic mass is 79.9. The average Bonchev–Trinajstić information content (AvgIpc) is 2.35. The Morgan fingerprint density at radius 1 is 1.50 bits per heavy atom. The van der Waals surface area contributed by atoms with Crippen LogP contribution in [-0.2, 0) is 6.42 Å². The minimum absolute atomic E-state index is 0.157. The second kappa shape index (κ2) is 5.70. The van der Waals surface area contributed by atoms with Crippen LogP contribution in [0.15, 0.2) is 22.7 Å². The van der Waals surface area contributed by atoms with Crippen molar-refractivity contribution in [2.24, 2.45) is 11.7 Å². The first-order valence-electron chi connectivity index (χ1n) is 6.76. The summed E-state index contributed by atoms with van der Waals surface area (Å²) in [6.07, 6.45) is 6.56. The van der Waals surface area contributed by atoms with E-state index in [0.29, 0.717) is 4.47 Å². The lowest BCUT2D eigenvalue weighted by molar-refractivity contribution is 0.218. The highest BCUT2D eigenvalue weighted by Gasteiger charge is 2.32. The monoisotopic (exact) mass is 313 g/mol. The van der Waals surface area contributed by atoms with Crippen molar-refractivity contribution in [1.82, 2.24) is 0 Å². The van der Waals surface area contributed by atoms with E-state index < -0.39 is 0 Å². The van der Waals surface area contributed by atoms with Crippen LogP contribution in [0.3, 0.4) is 0 Å². The third kappa shape index (κ3) is 3.12. The van der Waals surface area contributed by atoms with Crippen LogP contribution in [0.2, 0.25) is 0 Å². The van der Waals surface area contributed by atoms with Gasteiger partial charge in [-0.05, 0) is 52.7 Å². The van der Waals surface area contributed by atoms with Gasteiger partial charge in [-0.3, -0.25) is 0 Å². The molecule has 0 heterocycles. The summed E-state index contributed by atoms with van der Waals surface area (Å²) in [5, 5.41) is 0. The highest BCUT2D eigenvalue weighted by molar-refractivity contribution is 9.10. The normalized spacial score (nSPS) is 28.3. The van der Waals surface area contributed by atoms with E-state index in [1.807, 2.05) is 6.07 Å². The predicted molar refractivity (Wildman–Crippen MR) is 77.0 cm³/mol. The van der Waals surface area contributed by atoms with Crippen LogP contribution in [-0.4, -0.2) is 5.54 Å². The molecule has 3 heteroatoms. The molecule has 1 saturated carbocycles. The predicted octanol–water partition coefficient (Wildman–Crippen LogP) is 4.43. The zero-order valence-electron chi connectivity index (χ0n) is 10.9. The number of rotatable bonds is 3. The molecular weight excluding hydrogens is 293 g/mol. The third-order valence-electron chi connectivity index (χ3n) is 4.13. The molecule has 1 aromatic carbocycles. The van der Waals surface area contributed by atoms with Crippen molar-refractivity contribution >= 4 is 15.9 Å². The van der Waals surface area contributed by atoms with Crippen LogP contribution in [0, 0.1) is 11.7 Å². The van der Waals surface area contributed by atoms with Crippen LogP contribution in [0.4, 0.5) is 4.39 Å². The van der Waals surface area contributed by atoms with E-state index in [2.05, 4.69) is 22.9 Å².